The maximum Gasteiger partial charge on any atom is 0.272 e. The van der Waals surface area contributed by atoms with Crippen molar-refractivity contribution in [3.63, 3.8) is 0 Å². The average molecular weight is 337 g/mol. The van der Waals surface area contributed by atoms with Crippen LogP contribution in [0.25, 0.3) is 0 Å². The van der Waals surface area contributed by atoms with Gasteiger partial charge in [-0.25, -0.2) is 8.42 Å². The summed E-state index contributed by atoms with van der Waals surface area (Å²) in [6, 6.07) is 3.42. The van der Waals surface area contributed by atoms with Gasteiger partial charge in [0.1, 0.15) is 5.69 Å². The Kier molecular flexibility index (Phi) is 4.57. The first-order valence-electron chi connectivity index (χ1n) is 8.15. The van der Waals surface area contributed by atoms with Gasteiger partial charge in [-0.1, -0.05) is 6.92 Å². The first kappa shape index (κ1) is 16.2. The van der Waals surface area contributed by atoms with Crippen LogP contribution in [0.4, 0.5) is 5.69 Å². The molecule has 6 nitrogen and oxygen atoms in total. The topological polar surface area (TPSA) is 79.4 Å². The van der Waals surface area contributed by atoms with Gasteiger partial charge < -0.3 is 10.2 Å². The van der Waals surface area contributed by atoms with E-state index in [9.17, 15) is 13.2 Å². The molecule has 7 heteroatoms. The van der Waals surface area contributed by atoms with Crippen LogP contribution in [-0.2, 0) is 9.84 Å². The fourth-order valence-corrected chi connectivity index (χ4v) is 4.99. The number of carbonyl (C=O) groups excluding carboxylic acids is 1. The number of pyridine rings is 1. The molecular weight excluding hydrogens is 314 g/mol. The maximum atomic E-state index is 12.6. The minimum atomic E-state index is -2.92. The lowest BCUT2D eigenvalue weighted by atomic mass is 10.00. The lowest BCUT2D eigenvalue weighted by Gasteiger charge is -2.30. The highest BCUT2D eigenvalue weighted by molar-refractivity contribution is 7.91. The van der Waals surface area contributed by atoms with E-state index in [2.05, 4.69) is 17.2 Å². The fraction of sp³-hybridized carbons (Fsp3) is 0.625. The molecule has 1 N–H and O–H groups in total. The predicted molar refractivity (Wildman–Crippen MR) is 89.2 cm³/mol. The molecule has 2 saturated heterocycles. The third-order valence-electron chi connectivity index (χ3n) is 4.53. The number of nitrogens with one attached hydrogen (secondary N) is 1. The van der Waals surface area contributed by atoms with E-state index in [-0.39, 0.29) is 23.5 Å². The van der Waals surface area contributed by atoms with Gasteiger partial charge in [0, 0.05) is 31.0 Å². The van der Waals surface area contributed by atoms with Crippen LogP contribution in [-0.4, -0.2) is 54.8 Å². The van der Waals surface area contributed by atoms with E-state index in [1.165, 1.54) is 0 Å². The van der Waals surface area contributed by atoms with Gasteiger partial charge in [0.15, 0.2) is 9.84 Å². The Morgan fingerprint density at radius 2 is 2.22 bits per heavy atom. The van der Waals surface area contributed by atoms with E-state index >= 15 is 0 Å². The summed E-state index contributed by atoms with van der Waals surface area (Å²) in [5.74, 6) is 0.868. The van der Waals surface area contributed by atoms with Crippen molar-refractivity contribution in [1.82, 2.24) is 9.88 Å². The van der Waals surface area contributed by atoms with E-state index in [1.807, 2.05) is 4.90 Å². The Morgan fingerprint density at radius 3 is 2.91 bits per heavy atom. The van der Waals surface area contributed by atoms with Crippen molar-refractivity contribution < 1.29 is 13.2 Å². The number of anilines is 1. The number of rotatable bonds is 3. The van der Waals surface area contributed by atoms with Crippen molar-refractivity contribution in [2.24, 2.45) is 5.92 Å². The van der Waals surface area contributed by atoms with Crippen LogP contribution in [0.3, 0.4) is 0 Å². The molecule has 0 aliphatic carbocycles. The summed E-state index contributed by atoms with van der Waals surface area (Å²) in [4.78, 5) is 18.6. The first-order chi connectivity index (χ1) is 10.9. The number of likely N-dealkylation sites (tertiary alicyclic amines) is 1. The largest absolute Gasteiger partial charge is 0.381 e. The van der Waals surface area contributed by atoms with Crippen LogP contribution in [0.2, 0.25) is 0 Å². The lowest BCUT2D eigenvalue weighted by molar-refractivity contribution is 0.0677. The lowest BCUT2D eigenvalue weighted by Crippen LogP contribution is -2.39. The second kappa shape index (κ2) is 6.47. The Bertz CT molecular complexity index is 690. The SMILES string of the molecule is CC1CCCN(C(=O)c2cc(NC3CCS(=O)(=O)C3)ccn2)C1. The molecule has 1 aromatic rings. The molecule has 2 aliphatic heterocycles. The number of hydrogen-bond acceptors (Lipinski definition) is 5. The Morgan fingerprint density at radius 1 is 1.39 bits per heavy atom. The van der Waals surface area contributed by atoms with E-state index < -0.39 is 9.84 Å². The molecule has 0 bridgehead atoms. The van der Waals surface area contributed by atoms with E-state index in [4.69, 9.17) is 0 Å². The summed E-state index contributed by atoms with van der Waals surface area (Å²) < 4.78 is 23.1. The number of amides is 1. The Balaban J connectivity index is 1.68. The molecule has 3 rings (SSSR count). The minimum Gasteiger partial charge on any atom is -0.381 e. The molecule has 23 heavy (non-hydrogen) atoms. The number of hydrogen-bond donors (Lipinski definition) is 1. The monoisotopic (exact) mass is 337 g/mol. The van der Waals surface area contributed by atoms with Gasteiger partial charge in [-0.2, -0.15) is 0 Å². The van der Waals surface area contributed by atoms with E-state index in [1.54, 1.807) is 18.3 Å². The molecule has 1 amide bonds. The summed E-state index contributed by atoms with van der Waals surface area (Å²) in [5.41, 5.74) is 1.18. The molecule has 2 aliphatic rings. The van der Waals surface area contributed by atoms with Gasteiger partial charge in [-0.15, -0.1) is 0 Å². The minimum absolute atomic E-state index is 0.0424. The summed E-state index contributed by atoms with van der Waals surface area (Å²) in [7, 11) is -2.92. The summed E-state index contributed by atoms with van der Waals surface area (Å²) in [6.45, 7) is 3.72. The van der Waals surface area contributed by atoms with E-state index in [0.717, 1.165) is 31.6 Å². The van der Waals surface area contributed by atoms with Gasteiger partial charge in [0.05, 0.1) is 11.5 Å². The van der Waals surface area contributed by atoms with E-state index in [0.29, 0.717) is 18.0 Å². The molecule has 0 saturated carbocycles. The van der Waals surface area contributed by atoms with Crippen molar-refractivity contribution in [2.75, 3.05) is 29.9 Å². The normalized spacial score (nSPS) is 26.9. The third kappa shape index (κ3) is 4.02. The fourth-order valence-electron chi connectivity index (χ4n) is 3.32. The van der Waals surface area contributed by atoms with Crippen LogP contribution in [0, 0.1) is 5.92 Å². The summed E-state index contributed by atoms with van der Waals surface area (Å²) >= 11 is 0. The zero-order valence-corrected chi connectivity index (χ0v) is 14.2. The smallest absolute Gasteiger partial charge is 0.272 e. The van der Waals surface area contributed by atoms with Crippen molar-refractivity contribution in [3.05, 3.63) is 24.0 Å². The van der Waals surface area contributed by atoms with Crippen molar-refractivity contribution in [3.8, 4) is 0 Å². The van der Waals surface area contributed by atoms with Crippen LogP contribution in [0.1, 0.15) is 36.7 Å². The second-order valence-electron chi connectivity index (χ2n) is 6.67. The van der Waals surface area contributed by atoms with Crippen molar-refractivity contribution >= 4 is 21.4 Å². The van der Waals surface area contributed by atoms with Crippen LogP contribution in [0.15, 0.2) is 18.3 Å². The number of nitrogens with zero attached hydrogens (tertiary/aromatic N) is 2. The number of carbonyl (C=O) groups is 1. The summed E-state index contributed by atoms with van der Waals surface area (Å²) in [6.07, 6.45) is 4.41. The molecule has 0 spiro atoms. The molecule has 2 unspecified atom stereocenters. The third-order valence-corrected chi connectivity index (χ3v) is 6.29. The number of aromatic nitrogens is 1. The number of piperidine rings is 1. The molecule has 0 radical (unpaired) electrons. The molecule has 2 atom stereocenters. The predicted octanol–water partition coefficient (Wildman–Crippen LogP) is 1.55. The summed E-state index contributed by atoms with van der Waals surface area (Å²) in [5, 5.41) is 3.21. The molecule has 1 aromatic heterocycles. The number of sulfone groups is 1. The highest BCUT2D eigenvalue weighted by atomic mass is 32.2. The quantitative estimate of drug-likeness (QED) is 0.905. The highest BCUT2D eigenvalue weighted by Crippen LogP contribution is 2.20. The average Bonchev–Trinajstić information content (AvgIpc) is 2.85. The first-order valence-corrected chi connectivity index (χ1v) is 9.97. The zero-order valence-electron chi connectivity index (χ0n) is 13.4. The van der Waals surface area contributed by atoms with Crippen molar-refractivity contribution in [1.29, 1.82) is 0 Å². The zero-order chi connectivity index (χ0) is 16.4. The second-order valence-corrected chi connectivity index (χ2v) is 8.90. The van der Waals surface area contributed by atoms with Crippen LogP contribution in [0.5, 0.6) is 0 Å². The van der Waals surface area contributed by atoms with Gasteiger partial charge in [-0.05, 0) is 37.3 Å². The molecule has 3 heterocycles. The standard InChI is InChI=1S/C16H23N3O3S/c1-12-3-2-7-19(10-12)16(20)15-9-13(4-6-17-15)18-14-5-8-23(21,22)11-14/h4,6,9,12,14H,2-3,5,7-8,10-11H2,1H3,(H,17,18). The van der Waals surface area contributed by atoms with Crippen LogP contribution >= 0.6 is 0 Å². The van der Waals surface area contributed by atoms with Gasteiger partial charge in [-0.3, -0.25) is 9.78 Å². The Labute approximate surface area is 137 Å². The molecular formula is C16H23N3O3S. The Hall–Kier alpha value is -1.63. The molecule has 2 fully saturated rings. The van der Waals surface area contributed by atoms with Gasteiger partial charge in [0.25, 0.3) is 5.91 Å². The molecule has 126 valence electrons. The maximum absolute atomic E-state index is 12.6. The van der Waals surface area contributed by atoms with Crippen LogP contribution < -0.4 is 5.32 Å². The highest BCUT2D eigenvalue weighted by Gasteiger charge is 2.28. The van der Waals surface area contributed by atoms with Gasteiger partial charge >= 0.3 is 0 Å². The van der Waals surface area contributed by atoms with Gasteiger partial charge in [0.2, 0.25) is 0 Å². The molecule has 0 aromatic carbocycles. The van der Waals surface area contributed by atoms with Crippen molar-refractivity contribution in [2.45, 2.75) is 32.2 Å².